The van der Waals surface area contributed by atoms with E-state index in [0.717, 1.165) is 5.56 Å². The molecule has 3 N–H and O–H groups in total. The average molecular weight is 288 g/mol. The van der Waals surface area contributed by atoms with Gasteiger partial charge >= 0.3 is 5.69 Å². The molecule has 0 atom stereocenters. The van der Waals surface area contributed by atoms with E-state index >= 15 is 0 Å². The zero-order valence-electron chi connectivity index (χ0n) is 11.1. The van der Waals surface area contributed by atoms with Crippen LogP contribution < -0.4 is 10.5 Å². The van der Waals surface area contributed by atoms with E-state index in [-0.39, 0.29) is 23.0 Å². The Balaban J connectivity index is 2.28. The minimum atomic E-state index is -0.513. The molecule has 0 unspecified atom stereocenters. The summed E-state index contributed by atoms with van der Waals surface area (Å²) < 4.78 is 5.45. The van der Waals surface area contributed by atoms with Crippen LogP contribution in [0.25, 0.3) is 0 Å². The zero-order valence-corrected chi connectivity index (χ0v) is 11.1. The summed E-state index contributed by atoms with van der Waals surface area (Å²) in [6.45, 7) is 1.75. The maximum atomic E-state index is 11.0. The lowest BCUT2D eigenvalue weighted by Gasteiger charge is -2.07. The molecule has 2 aromatic rings. The number of nitro benzene ring substituents is 1. The second-order valence-electron chi connectivity index (χ2n) is 4.19. The van der Waals surface area contributed by atoms with Crippen LogP contribution in [0.15, 0.2) is 41.7 Å². The van der Waals surface area contributed by atoms with Gasteiger partial charge in [-0.3, -0.25) is 10.1 Å². The first-order chi connectivity index (χ1) is 10.0. The van der Waals surface area contributed by atoms with Crippen molar-refractivity contribution >= 4 is 11.5 Å². The third kappa shape index (κ3) is 3.24. The number of ether oxygens (including phenoxy) is 1. The number of nitro groups is 1. The number of nitrogens with zero attached hydrogens (tertiary/aromatic N) is 3. The number of pyridine rings is 1. The predicted molar refractivity (Wildman–Crippen MR) is 74.7 cm³/mol. The predicted octanol–water partition coefficient (Wildman–Crippen LogP) is 2.19. The smallest absolute Gasteiger partial charge is 0.311 e. The van der Waals surface area contributed by atoms with Crippen LogP contribution in [0, 0.1) is 17.0 Å². The van der Waals surface area contributed by atoms with Gasteiger partial charge in [-0.15, -0.1) is 0 Å². The lowest BCUT2D eigenvalue weighted by Crippen LogP contribution is -2.14. The van der Waals surface area contributed by atoms with Gasteiger partial charge in [0.25, 0.3) is 0 Å². The Hall–Kier alpha value is -3.16. The minimum absolute atomic E-state index is 0.115. The fourth-order valence-electron chi connectivity index (χ4n) is 1.63. The number of amidine groups is 1. The van der Waals surface area contributed by atoms with Crippen molar-refractivity contribution in [3.63, 3.8) is 0 Å². The number of oxime groups is 1. The van der Waals surface area contributed by atoms with Crippen molar-refractivity contribution in [1.82, 2.24) is 4.98 Å². The molecule has 0 spiro atoms. The lowest BCUT2D eigenvalue weighted by atomic mass is 10.2. The highest BCUT2D eigenvalue weighted by atomic mass is 16.6. The Labute approximate surface area is 119 Å². The number of benzene rings is 1. The zero-order chi connectivity index (χ0) is 15.4. The summed E-state index contributed by atoms with van der Waals surface area (Å²) in [5.41, 5.74) is 6.28. The van der Waals surface area contributed by atoms with Crippen LogP contribution in [0.4, 0.5) is 5.69 Å². The molecule has 21 heavy (non-hydrogen) atoms. The third-order valence-electron chi connectivity index (χ3n) is 2.65. The fraction of sp³-hybridized carbons (Fsp3) is 0.0769. The number of hydrogen-bond donors (Lipinski definition) is 2. The molecular formula is C13H12N4O4. The molecule has 0 radical (unpaired) electrons. The Bertz CT molecular complexity index is 698. The number of aryl methyl sites for hydroxylation is 1. The van der Waals surface area contributed by atoms with Gasteiger partial charge in [-0.25, -0.2) is 4.98 Å². The highest BCUT2D eigenvalue weighted by molar-refractivity contribution is 5.95. The van der Waals surface area contributed by atoms with Crippen LogP contribution in [-0.4, -0.2) is 21.0 Å². The van der Waals surface area contributed by atoms with Gasteiger partial charge < -0.3 is 15.7 Å². The molecule has 0 saturated heterocycles. The average Bonchev–Trinajstić information content (AvgIpc) is 2.49. The quantitative estimate of drug-likeness (QED) is 0.292. The molecular weight excluding hydrogens is 276 g/mol. The van der Waals surface area contributed by atoms with E-state index in [1.807, 2.05) is 0 Å². The van der Waals surface area contributed by atoms with Crippen LogP contribution in [0.3, 0.4) is 0 Å². The van der Waals surface area contributed by atoms with Crippen molar-refractivity contribution in [2.75, 3.05) is 0 Å². The molecule has 0 aliphatic heterocycles. The van der Waals surface area contributed by atoms with E-state index in [4.69, 9.17) is 15.7 Å². The van der Waals surface area contributed by atoms with Gasteiger partial charge in [0, 0.05) is 6.07 Å². The highest BCUT2D eigenvalue weighted by Gasteiger charge is 2.16. The van der Waals surface area contributed by atoms with Crippen molar-refractivity contribution in [3.8, 4) is 11.5 Å². The fourth-order valence-corrected chi connectivity index (χ4v) is 1.63. The Kier molecular flexibility index (Phi) is 3.98. The largest absolute Gasteiger partial charge is 0.449 e. The van der Waals surface area contributed by atoms with E-state index < -0.39 is 4.92 Å². The Morgan fingerprint density at radius 3 is 2.76 bits per heavy atom. The van der Waals surface area contributed by atoms with E-state index in [0.29, 0.717) is 5.75 Å². The number of aromatic nitrogens is 1. The molecule has 1 aromatic heterocycles. The van der Waals surface area contributed by atoms with Crippen LogP contribution in [-0.2, 0) is 0 Å². The maximum Gasteiger partial charge on any atom is 0.311 e. The van der Waals surface area contributed by atoms with E-state index in [1.54, 1.807) is 13.0 Å². The first-order valence-electron chi connectivity index (χ1n) is 5.88. The molecule has 1 aromatic carbocycles. The van der Waals surface area contributed by atoms with Gasteiger partial charge in [-0.1, -0.05) is 11.2 Å². The summed E-state index contributed by atoms with van der Waals surface area (Å²) in [7, 11) is 0. The molecule has 108 valence electrons. The second kappa shape index (κ2) is 5.87. The van der Waals surface area contributed by atoms with Crippen molar-refractivity contribution < 1.29 is 14.9 Å². The number of hydrogen-bond acceptors (Lipinski definition) is 6. The minimum Gasteiger partial charge on any atom is -0.449 e. The van der Waals surface area contributed by atoms with Gasteiger partial charge in [-0.2, -0.15) is 0 Å². The Morgan fingerprint density at radius 2 is 2.19 bits per heavy atom. The molecule has 0 aliphatic carbocycles. The second-order valence-corrected chi connectivity index (χ2v) is 4.19. The van der Waals surface area contributed by atoms with Crippen molar-refractivity contribution in [2.24, 2.45) is 10.9 Å². The Morgan fingerprint density at radius 1 is 1.43 bits per heavy atom. The van der Waals surface area contributed by atoms with Crippen molar-refractivity contribution in [2.45, 2.75) is 6.92 Å². The van der Waals surface area contributed by atoms with E-state index in [2.05, 4.69) is 10.1 Å². The summed E-state index contributed by atoms with van der Waals surface area (Å²) in [5.74, 6) is 0.281. The summed E-state index contributed by atoms with van der Waals surface area (Å²) in [6.07, 6.45) is 1.33. The lowest BCUT2D eigenvalue weighted by molar-refractivity contribution is -0.385. The maximum absolute atomic E-state index is 11.0. The normalized spacial score (nSPS) is 11.2. The molecule has 0 bridgehead atoms. The molecule has 0 aliphatic rings. The van der Waals surface area contributed by atoms with Crippen LogP contribution in [0.1, 0.15) is 11.3 Å². The van der Waals surface area contributed by atoms with E-state index in [9.17, 15) is 10.1 Å². The van der Waals surface area contributed by atoms with Crippen LogP contribution in [0.5, 0.6) is 11.5 Å². The summed E-state index contributed by atoms with van der Waals surface area (Å²) in [6, 6.07) is 7.65. The third-order valence-corrected chi connectivity index (χ3v) is 2.65. The van der Waals surface area contributed by atoms with Crippen LogP contribution >= 0.6 is 0 Å². The van der Waals surface area contributed by atoms with Crippen molar-refractivity contribution in [3.05, 3.63) is 57.9 Å². The topological polar surface area (TPSA) is 124 Å². The van der Waals surface area contributed by atoms with Gasteiger partial charge in [0.05, 0.1) is 11.1 Å². The molecule has 0 saturated carbocycles. The highest BCUT2D eigenvalue weighted by Crippen LogP contribution is 2.31. The SMILES string of the molecule is Cc1ccc(Oc2ccc(/C(N)=N/O)nc2)c([N+](=O)[O-])c1. The van der Waals surface area contributed by atoms with E-state index in [1.165, 1.54) is 30.5 Å². The molecule has 2 rings (SSSR count). The van der Waals surface area contributed by atoms with Crippen molar-refractivity contribution in [1.29, 1.82) is 0 Å². The first-order valence-corrected chi connectivity index (χ1v) is 5.88. The molecule has 0 fully saturated rings. The molecule has 8 nitrogen and oxygen atoms in total. The summed E-state index contributed by atoms with van der Waals surface area (Å²) in [5, 5.41) is 22.4. The first kappa shape index (κ1) is 14.3. The number of nitrogens with two attached hydrogens (primary N) is 1. The summed E-state index contributed by atoms with van der Waals surface area (Å²) >= 11 is 0. The summed E-state index contributed by atoms with van der Waals surface area (Å²) in [4.78, 5) is 14.4. The van der Waals surface area contributed by atoms with Gasteiger partial charge in [0.1, 0.15) is 11.4 Å². The standard InChI is InChI=1S/C13H12N4O4/c1-8-2-5-12(11(6-8)17(19)20)21-9-3-4-10(15-7-9)13(14)16-18/h2-7,18H,1H3,(H2,14,16). The van der Waals surface area contributed by atoms with Gasteiger partial charge in [-0.05, 0) is 30.7 Å². The van der Waals surface area contributed by atoms with Gasteiger partial charge in [0.2, 0.25) is 5.75 Å². The number of rotatable bonds is 4. The molecule has 8 heteroatoms. The van der Waals surface area contributed by atoms with Gasteiger partial charge in [0.15, 0.2) is 5.84 Å². The monoisotopic (exact) mass is 288 g/mol. The van der Waals surface area contributed by atoms with Crippen LogP contribution in [0.2, 0.25) is 0 Å². The molecule has 1 heterocycles. The molecule has 0 amide bonds.